The van der Waals surface area contributed by atoms with E-state index in [-0.39, 0.29) is 24.8 Å². The van der Waals surface area contributed by atoms with E-state index in [1.165, 1.54) is 0 Å². The van der Waals surface area contributed by atoms with Gasteiger partial charge in [0.15, 0.2) is 0 Å². The van der Waals surface area contributed by atoms with Crippen molar-refractivity contribution in [1.29, 1.82) is 0 Å². The summed E-state index contributed by atoms with van der Waals surface area (Å²) in [6.45, 7) is 3.68. The van der Waals surface area contributed by atoms with Gasteiger partial charge in [0.25, 0.3) is 0 Å². The minimum absolute atomic E-state index is 0. The van der Waals surface area contributed by atoms with E-state index in [9.17, 15) is 0 Å². The summed E-state index contributed by atoms with van der Waals surface area (Å²) in [5, 5.41) is 0. The molecule has 0 N–H and O–H groups in total. The predicted octanol–water partition coefficient (Wildman–Crippen LogP) is 1.99. The van der Waals surface area contributed by atoms with Crippen molar-refractivity contribution < 1.29 is 19.8 Å². The quantitative estimate of drug-likeness (QED) is 0.509. The van der Waals surface area contributed by atoms with Gasteiger partial charge in [0, 0.05) is 0 Å². The Morgan fingerprint density at radius 2 is 1.55 bits per heavy atom. The van der Waals surface area contributed by atoms with E-state index in [0.717, 1.165) is 5.56 Å². The molecule has 0 aliphatic rings. The molecule has 0 atom stereocenters. The normalized spacial score (nSPS) is 5.82. The number of nitrogens with zero attached hydrogens (tertiary/aromatic N) is 1. The fourth-order valence-corrected chi connectivity index (χ4v) is 0.383. The molecule has 1 rings (SSSR count). The summed E-state index contributed by atoms with van der Waals surface area (Å²) in [6.07, 6.45) is 3.45. The Morgan fingerprint density at radius 1 is 1.18 bits per heavy atom. The van der Waals surface area contributed by atoms with Gasteiger partial charge in [-0.3, -0.25) is 4.98 Å². The van der Waals surface area contributed by atoms with Crippen LogP contribution in [-0.2, 0) is 19.8 Å². The van der Waals surface area contributed by atoms with Crippen molar-refractivity contribution in [2.75, 3.05) is 0 Å². The first kappa shape index (κ1) is 17.1. The van der Waals surface area contributed by atoms with Crippen molar-refractivity contribution in [2.24, 2.45) is 0 Å². The molecule has 0 aliphatic carbocycles. The van der Waals surface area contributed by atoms with Crippen molar-refractivity contribution in [3.63, 3.8) is 0 Å². The molecule has 65 valence electrons. The minimum atomic E-state index is 0. The van der Waals surface area contributed by atoms with Crippen LogP contribution in [-0.4, -0.2) is 4.98 Å². The zero-order valence-electron chi connectivity index (χ0n) is 5.57. The summed E-state index contributed by atoms with van der Waals surface area (Å²) < 4.78 is 8.06. The molecule has 0 radical (unpaired) electrons. The van der Waals surface area contributed by atoms with Crippen molar-refractivity contribution in [2.45, 2.75) is 0 Å². The van der Waals surface area contributed by atoms with Crippen LogP contribution in [0.15, 0.2) is 24.5 Å². The Hall–Kier alpha value is -0.0805. The number of hydrogen-bond acceptors (Lipinski definition) is 2. The van der Waals surface area contributed by atoms with Gasteiger partial charge < -0.3 is 0 Å². The van der Waals surface area contributed by atoms with Crippen molar-refractivity contribution >= 4 is 24.8 Å². The van der Waals surface area contributed by atoms with E-state index in [2.05, 4.69) is 11.9 Å². The molecule has 0 unspecified atom stereocenters. The molecule has 0 spiro atoms. The molecule has 2 nitrogen and oxygen atoms in total. The van der Waals surface area contributed by atoms with Crippen LogP contribution in [0, 0.1) is 6.92 Å². The van der Waals surface area contributed by atoms with E-state index in [1.54, 1.807) is 28.3 Å². The van der Waals surface area contributed by atoms with Gasteiger partial charge in [0.2, 0.25) is 0 Å². The molecule has 11 heavy (non-hydrogen) atoms. The first-order chi connectivity index (χ1) is 4.39. The van der Waals surface area contributed by atoms with Gasteiger partial charge in [-0.25, -0.2) is 0 Å². The van der Waals surface area contributed by atoms with Gasteiger partial charge in [-0.05, 0) is 12.4 Å². The van der Waals surface area contributed by atoms with Crippen LogP contribution in [0.2, 0.25) is 0 Å². The third-order valence-electron chi connectivity index (χ3n) is 0.749. The maximum atomic E-state index is 8.06. The fourth-order valence-electron chi connectivity index (χ4n) is 0.383. The van der Waals surface area contributed by atoms with Gasteiger partial charge in [-0.2, -0.15) is 12.5 Å². The molecule has 1 aromatic heterocycles. The van der Waals surface area contributed by atoms with Gasteiger partial charge >= 0.3 is 19.8 Å². The fraction of sp³-hybridized carbons (Fsp3) is 0. The first-order valence-corrected chi connectivity index (χ1v) is 2.75. The van der Waals surface area contributed by atoms with Gasteiger partial charge in [0.05, 0.1) is 0 Å². The van der Waals surface area contributed by atoms with E-state index in [1.807, 2.05) is 12.1 Å². The second kappa shape index (κ2) is 12.6. The van der Waals surface area contributed by atoms with Gasteiger partial charge in [0.1, 0.15) is 0 Å². The molecule has 0 bridgehead atoms. The van der Waals surface area contributed by atoms with Crippen molar-refractivity contribution in [3.8, 4) is 0 Å². The molecule has 0 fully saturated rings. The molecule has 1 heterocycles. The Bertz CT molecular complexity index is 162. The topological polar surface area (TPSA) is 30.0 Å². The Kier molecular flexibility index (Phi) is 19.6. The number of halogens is 2. The van der Waals surface area contributed by atoms with Crippen molar-refractivity contribution in [1.82, 2.24) is 4.98 Å². The van der Waals surface area contributed by atoms with E-state index in [4.69, 9.17) is 3.83 Å². The average Bonchev–Trinajstić information content (AvgIpc) is 1.94. The van der Waals surface area contributed by atoms with Crippen LogP contribution in [0.4, 0.5) is 0 Å². The second-order valence-electron chi connectivity index (χ2n) is 1.36. The first-order valence-electron chi connectivity index (χ1n) is 2.27. The number of pyridine rings is 1. The monoisotopic (exact) mass is 235 g/mol. The van der Waals surface area contributed by atoms with Gasteiger partial charge in [-0.15, -0.1) is 36.9 Å². The molecule has 0 saturated heterocycles. The summed E-state index contributed by atoms with van der Waals surface area (Å²) in [6, 6.07) is 3.72. The van der Waals surface area contributed by atoms with Crippen LogP contribution < -0.4 is 0 Å². The standard InChI is InChI=1S/C6H6N.2ClH.Mn.O/c1-6-2-4-7-5-3-6;;;;/h2-5H,1H2;2*1H;;/q-1;;;;. The van der Waals surface area contributed by atoms with Crippen LogP contribution in [0.3, 0.4) is 0 Å². The predicted molar refractivity (Wildman–Crippen MR) is 43.9 cm³/mol. The number of rotatable bonds is 0. The average molecular weight is 236 g/mol. The molecule has 0 aromatic carbocycles. The zero-order valence-corrected chi connectivity index (χ0v) is 8.38. The number of hydrogen-bond donors (Lipinski definition) is 0. The zero-order chi connectivity index (χ0) is 7.11. The Labute approximate surface area is 86.6 Å². The van der Waals surface area contributed by atoms with Crippen LogP contribution in [0.5, 0.6) is 0 Å². The van der Waals surface area contributed by atoms with Crippen LogP contribution >= 0.6 is 24.8 Å². The summed E-state index contributed by atoms with van der Waals surface area (Å²) >= 11 is 1.69. The van der Waals surface area contributed by atoms with E-state index >= 15 is 0 Å². The molecule has 0 amide bonds. The summed E-state index contributed by atoms with van der Waals surface area (Å²) in [5.41, 5.74) is 1.01. The Balaban J connectivity index is -0.000000149. The summed E-state index contributed by atoms with van der Waals surface area (Å²) in [7, 11) is 0. The van der Waals surface area contributed by atoms with Gasteiger partial charge in [-0.1, -0.05) is 0 Å². The molecule has 1 aromatic rings. The molecular weight excluding hydrogens is 228 g/mol. The second-order valence-corrected chi connectivity index (χ2v) is 1.36. The summed E-state index contributed by atoms with van der Waals surface area (Å²) in [5.74, 6) is 0. The van der Waals surface area contributed by atoms with E-state index in [0.29, 0.717) is 0 Å². The SMILES string of the molecule is Cl.Cl.[CH2-]c1ccncc1.[O]=[Mn]. The van der Waals surface area contributed by atoms with E-state index < -0.39 is 0 Å². The molecule has 0 saturated carbocycles. The third-order valence-corrected chi connectivity index (χ3v) is 0.749. The maximum absolute atomic E-state index is 8.06. The number of aromatic nitrogens is 1. The molecular formula is C6H8Cl2MnNO-. The molecule has 0 aliphatic heterocycles. The summed E-state index contributed by atoms with van der Waals surface area (Å²) in [4.78, 5) is 3.81. The van der Waals surface area contributed by atoms with Crippen LogP contribution in [0.1, 0.15) is 5.56 Å². The third kappa shape index (κ3) is 9.92. The Morgan fingerprint density at radius 3 is 1.73 bits per heavy atom. The molecule has 5 heteroatoms. The van der Waals surface area contributed by atoms with Crippen molar-refractivity contribution in [3.05, 3.63) is 37.0 Å². The van der Waals surface area contributed by atoms with Crippen LogP contribution in [0.25, 0.3) is 0 Å².